The Hall–Kier alpha value is -1.08. The molecule has 0 unspecified atom stereocenters. The number of hydrogen-bond acceptors (Lipinski definition) is 4. The predicted octanol–water partition coefficient (Wildman–Crippen LogP) is 1.82. The van der Waals surface area contributed by atoms with Crippen molar-refractivity contribution in [3.63, 3.8) is 0 Å². The fraction of sp³-hybridized carbons (Fsp3) is 0.692. The van der Waals surface area contributed by atoms with Crippen molar-refractivity contribution in [2.45, 2.75) is 63.1 Å². The summed E-state index contributed by atoms with van der Waals surface area (Å²) in [5.74, 6) is 0.417. The van der Waals surface area contributed by atoms with Crippen LogP contribution in [-0.2, 0) is 26.8 Å². The Morgan fingerprint density at radius 1 is 1.43 bits per heavy atom. The SMILES string of the molecule is CCc1nc(S(=O)(=O)Cl)cn1CC(=O)NC1CCCCC1. The van der Waals surface area contributed by atoms with Crippen LogP contribution in [0.2, 0.25) is 0 Å². The average Bonchev–Trinajstić information content (AvgIpc) is 2.82. The molecule has 0 aliphatic heterocycles. The van der Waals surface area contributed by atoms with E-state index < -0.39 is 9.05 Å². The first kappa shape index (κ1) is 16.3. The monoisotopic (exact) mass is 333 g/mol. The van der Waals surface area contributed by atoms with Crippen molar-refractivity contribution in [3.05, 3.63) is 12.0 Å². The second-order valence-corrected chi connectivity index (χ2v) is 7.83. The van der Waals surface area contributed by atoms with Crippen molar-refractivity contribution in [1.82, 2.24) is 14.9 Å². The van der Waals surface area contributed by atoms with Crippen LogP contribution in [0.5, 0.6) is 0 Å². The largest absolute Gasteiger partial charge is 0.352 e. The summed E-state index contributed by atoms with van der Waals surface area (Å²) in [4.78, 5) is 16.0. The van der Waals surface area contributed by atoms with Gasteiger partial charge in [0.1, 0.15) is 12.4 Å². The molecule has 2 rings (SSSR count). The second kappa shape index (κ2) is 6.79. The molecule has 1 N–H and O–H groups in total. The topological polar surface area (TPSA) is 81.1 Å². The minimum absolute atomic E-state index is 0.0685. The second-order valence-electron chi connectivity index (χ2n) is 5.32. The quantitative estimate of drug-likeness (QED) is 0.833. The molecule has 1 aliphatic carbocycles. The highest BCUT2D eigenvalue weighted by molar-refractivity contribution is 8.13. The zero-order chi connectivity index (χ0) is 15.5. The van der Waals surface area contributed by atoms with E-state index in [0.717, 1.165) is 25.7 Å². The van der Waals surface area contributed by atoms with E-state index >= 15 is 0 Å². The molecule has 1 heterocycles. The molecule has 118 valence electrons. The Bertz CT molecular complexity index is 606. The van der Waals surface area contributed by atoms with Crippen LogP contribution < -0.4 is 5.32 Å². The van der Waals surface area contributed by atoms with Crippen molar-refractivity contribution < 1.29 is 13.2 Å². The van der Waals surface area contributed by atoms with Gasteiger partial charge in [0.15, 0.2) is 5.03 Å². The first-order valence-corrected chi connectivity index (χ1v) is 9.51. The number of halogens is 1. The Morgan fingerprint density at radius 2 is 2.10 bits per heavy atom. The minimum Gasteiger partial charge on any atom is -0.352 e. The lowest BCUT2D eigenvalue weighted by Crippen LogP contribution is -2.38. The van der Waals surface area contributed by atoms with Crippen LogP contribution in [0.3, 0.4) is 0 Å². The first-order valence-electron chi connectivity index (χ1n) is 7.20. The van der Waals surface area contributed by atoms with Gasteiger partial charge in [-0.15, -0.1) is 0 Å². The third-order valence-corrected chi connectivity index (χ3v) is 4.86. The number of aryl methyl sites for hydroxylation is 1. The highest BCUT2D eigenvalue weighted by atomic mass is 35.7. The van der Waals surface area contributed by atoms with Crippen molar-refractivity contribution in [2.24, 2.45) is 0 Å². The maximum absolute atomic E-state index is 12.1. The number of nitrogens with zero attached hydrogens (tertiary/aromatic N) is 2. The van der Waals surface area contributed by atoms with E-state index in [2.05, 4.69) is 10.3 Å². The van der Waals surface area contributed by atoms with Gasteiger partial charge in [0, 0.05) is 29.3 Å². The van der Waals surface area contributed by atoms with Crippen molar-refractivity contribution in [2.75, 3.05) is 0 Å². The van der Waals surface area contributed by atoms with E-state index in [-0.39, 0.29) is 23.5 Å². The summed E-state index contributed by atoms with van der Waals surface area (Å²) in [7, 11) is 1.42. The molecule has 1 aromatic rings. The summed E-state index contributed by atoms with van der Waals surface area (Å²) in [6.07, 6.45) is 7.39. The van der Waals surface area contributed by atoms with Crippen molar-refractivity contribution >= 4 is 25.6 Å². The van der Waals surface area contributed by atoms with Gasteiger partial charge in [-0.2, -0.15) is 0 Å². The molecule has 8 heteroatoms. The standard InChI is InChI=1S/C13H20ClN3O3S/c1-2-11-16-13(21(14,19)20)9-17(11)8-12(18)15-10-6-4-3-5-7-10/h9-10H,2-8H2,1H3,(H,15,18). The Kier molecular flexibility index (Phi) is 5.27. The lowest BCUT2D eigenvalue weighted by Gasteiger charge is -2.22. The summed E-state index contributed by atoms with van der Waals surface area (Å²) in [5.41, 5.74) is 0. The maximum Gasteiger partial charge on any atom is 0.280 e. The number of imidazole rings is 1. The van der Waals surface area contributed by atoms with E-state index in [1.54, 1.807) is 4.57 Å². The van der Waals surface area contributed by atoms with Gasteiger partial charge < -0.3 is 9.88 Å². The van der Waals surface area contributed by atoms with Gasteiger partial charge in [-0.3, -0.25) is 4.79 Å². The van der Waals surface area contributed by atoms with Crippen LogP contribution in [0.4, 0.5) is 0 Å². The molecular formula is C13H20ClN3O3S. The van der Waals surface area contributed by atoms with E-state index in [1.807, 2.05) is 6.92 Å². The molecular weight excluding hydrogens is 314 g/mol. The lowest BCUT2D eigenvalue weighted by molar-refractivity contribution is -0.122. The molecule has 0 atom stereocenters. The van der Waals surface area contributed by atoms with Gasteiger partial charge in [0.25, 0.3) is 9.05 Å². The van der Waals surface area contributed by atoms with Crippen LogP contribution in [0.15, 0.2) is 11.2 Å². The number of amides is 1. The molecule has 0 aromatic carbocycles. The van der Waals surface area contributed by atoms with Crippen LogP contribution in [0.25, 0.3) is 0 Å². The Balaban J connectivity index is 2.04. The highest BCUT2D eigenvalue weighted by Gasteiger charge is 2.20. The number of carbonyl (C=O) groups excluding carboxylic acids is 1. The van der Waals surface area contributed by atoms with Gasteiger partial charge in [-0.1, -0.05) is 26.2 Å². The van der Waals surface area contributed by atoms with Gasteiger partial charge >= 0.3 is 0 Å². The van der Waals surface area contributed by atoms with E-state index in [4.69, 9.17) is 10.7 Å². The summed E-state index contributed by atoms with van der Waals surface area (Å²) >= 11 is 0. The number of hydrogen-bond donors (Lipinski definition) is 1. The number of nitrogens with one attached hydrogen (secondary N) is 1. The van der Waals surface area contributed by atoms with Crippen molar-refractivity contribution in [3.8, 4) is 0 Å². The van der Waals surface area contributed by atoms with E-state index in [9.17, 15) is 13.2 Å². The maximum atomic E-state index is 12.1. The Morgan fingerprint density at radius 3 is 2.67 bits per heavy atom. The van der Waals surface area contributed by atoms with Crippen LogP contribution in [0.1, 0.15) is 44.9 Å². The van der Waals surface area contributed by atoms with E-state index in [1.165, 1.54) is 12.6 Å². The zero-order valence-corrected chi connectivity index (χ0v) is 13.6. The third-order valence-electron chi connectivity index (χ3n) is 3.69. The van der Waals surface area contributed by atoms with E-state index in [0.29, 0.717) is 12.2 Å². The molecule has 1 fully saturated rings. The lowest BCUT2D eigenvalue weighted by atomic mass is 9.95. The molecule has 0 bridgehead atoms. The van der Waals surface area contributed by atoms with Gasteiger partial charge in [0.2, 0.25) is 5.91 Å². The fourth-order valence-electron chi connectivity index (χ4n) is 2.64. The fourth-order valence-corrected chi connectivity index (χ4v) is 3.33. The molecule has 1 aromatic heterocycles. The summed E-state index contributed by atoms with van der Waals surface area (Å²) in [5, 5.41) is 2.79. The average molecular weight is 334 g/mol. The van der Waals surface area contributed by atoms with Crippen LogP contribution >= 0.6 is 10.7 Å². The molecule has 21 heavy (non-hydrogen) atoms. The number of rotatable bonds is 5. The van der Waals surface area contributed by atoms with Gasteiger partial charge in [0.05, 0.1) is 0 Å². The van der Waals surface area contributed by atoms with Crippen LogP contribution in [0, 0.1) is 0 Å². The molecule has 1 saturated carbocycles. The molecule has 1 aliphatic rings. The molecule has 0 spiro atoms. The minimum atomic E-state index is -3.87. The summed E-state index contributed by atoms with van der Waals surface area (Å²) in [6.45, 7) is 1.92. The molecule has 1 amide bonds. The van der Waals surface area contributed by atoms with Crippen molar-refractivity contribution in [1.29, 1.82) is 0 Å². The number of carbonyl (C=O) groups is 1. The van der Waals surface area contributed by atoms with Crippen LogP contribution in [-0.4, -0.2) is 29.9 Å². The third kappa shape index (κ3) is 4.44. The zero-order valence-electron chi connectivity index (χ0n) is 12.0. The predicted molar refractivity (Wildman–Crippen MR) is 79.7 cm³/mol. The summed E-state index contributed by atoms with van der Waals surface area (Å²) in [6, 6.07) is 0.232. The molecule has 0 radical (unpaired) electrons. The smallest absolute Gasteiger partial charge is 0.280 e. The highest BCUT2D eigenvalue weighted by Crippen LogP contribution is 2.18. The molecule has 6 nitrogen and oxygen atoms in total. The van der Waals surface area contributed by atoms with Gasteiger partial charge in [-0.25, -0.2) is 13.4 Å². The van der Waals surface area contributed by atoms with Gasteiger partial charge in [-0.05, 0) is 12.8 Å². The molecule has 0 saturated heterocycles. The Labute approximate surface area is 129 Å². The normalized spacial score (nSPS) is 16.9. The number of aromatic nitrogens is 2. The first-order chi connectivity index (χ1) is 9.90. The summed E-state index contributed by atoms with van der Waals surface area (Å²) < 4.78 is 24.2.